The van der Waals surface area contributed by atoms with Crippen molar-refractivity contribution in [2.75, 3.05) is 51.6 Å². The highest BCUT2D eigenvalue weighted by Crippen LogP contribution is 2.41. The van der Waals surface area contributed by atoms with Gasteiger partial charge in [0.25, 0.3) is 0 Å². The second-order valence-corrected chi connectivity index (χ2v) is 10.3. The number of benzene rings is 2. The lowest BCUT2D eigenvalue weighted by atomic mass is 10.1. The molecule has 0 spiro atoms. The highest BCUT2D eigenvalue weighted by Gasteiger charge is 2.26. The van der Waals surface area contributed by atoms with Crippen LogP contribution >= 0.6 is 0 Å². The standard InChI is InChI=1S/C31H36N6O2/c1-6-31(38)34-26-17-21(29(39-5)19-28(26)36(4)16-15-35(2)3)18-30-32-14-13-25(33-30)24-20-37(22-11-12-22)27-10-8-7-9-23(24)27/h6-10,13-14,17,19-20,22H,1,11-12,15-16,18H2,2-5H3,(H,34,38). The number of likely N-dealkylation sites (N-methyl/N-ethyl adjacent to an activating group) is 2. The van der Waals surface area contributed by atoms with Crippen molar-refractivity contribution in [2.45, 2.75) is 25.3 Å². The maximum Gasteiger partial charge on any atom is 0.247 e. The molecule has 2 aromatic heterocycles. The zero-order chi connectivity index (χ0) is 27.5. The minimum atomic E-state index is -0.265. The Kier molecular flexibility index (Phi) is 7.65. The van der Waals surface area contributed by atoms with Crippen LogP contribution < -0.4 is 15.0 Å². The molecule has 1 aliphatic carbocycles. The van der Waals surface area contributed by atoms with Gasteiger partial charge in [-0.2, -0.15) is 0 Å². The minimum absolute atomic E-state index is 0.265. The van der Waals surface area contributed by atoms with Crippen LogP contribution in [0.2, 0.25) is 0 Å². The number of para-hydroxylation sites is 1. The number of anilines is 2. The third-order valence-corrected chi connectivity index (χ3v) is 7.15. The van der Waals surface area contributed by atoms with Crippen molar-refractivity contribution in [1.82, 2.24) is 19.4 Å². The van der Waals surface area contributed by atoms with Crippen molar-refractivity contribution in [2.24, 2.45) is 0 Å². The van der Waals surface area contributed by atoms with E-state index in [2.05, 4.69) is 61.7 Å². The number of carbonyl (C=O) groups excluding carboxylic acids is 1. The number of nitrogens with one attached hydrogen (secondary N) is 1. The largest absolute Gasteiger partial charge is 0.496 e. The third-order valence-electron chi connectivity index (χ3n) is 7.15. The topological polar surface area (TPSA) is 75.5 Å². The van der Waals surface area contributed by atoms with E-state index in [1.807, 2.05) is 45.5 Å². The summed E-state index contributed by atoms with van der Waals surface area (Å²) in [7, 11) is 7.74. The zero-order valence-corrected chi connectivity index (χ0v) is 23.1. The summed E-state index contributed by atoms with van der Waals surface area (Å²) in [5, 5.41) is 4.17. The average molecular weight is 525 g/mol. The Morgan fingerprint density at radius 2 is 1.97 bits per heavy atom. The summed E-state index contributed by atoms with van der Waals surface area (Å²) in [4.78, 5) is 26.1. The zero-order valence-electron chi connectivity index (χ0n) is 23.1. The van der Waals surface area contributed by atoms with Crippen LogP contribution in [-0.4, -0.2) is 66.7 Å². The van der Waals surface area contributed by atoms with Gasteiger partial charge in [-0.1, -0.05) is 24.8 Å². The van der Waals surface area contributed by atoms with Crippen molar-refractivity contribution < 1.29 is 9.53 Å². The van der Waals surface area contributed by atoms with E-state index in [-0.39, 0.29) is 5.91 Å². The van der Waals surface area contributed by atoms with Gasteiger partial charge in [0.2, 0.25) is 5.91 Å². The summed E-state index contributed by atoms with van der Waals surface area (Å²) < 4.78 is 8.19. The van der Waals surface area contributed by atoms with E-state index in [0.29, 0.717) is 24.0 Å². The van der Waals surface area contributed by atoms with Crippen molar-refractivity contribution in [3.8, 4) is 17.0 Å². The number of aromatic nitrogens is 3. The summed E-state index contributed by atoms with van der Waals surface area (Å²) in [6, 6.07) is 15.0. The first kappa shape index (κ1) is 26.4. The van der Waals surface area contributed by atoms with Crippen LogP contribution in [0.3, 0.4) is 0 Å². The van der Waals surface area contributed by atoms with Gasteiger partial charge in [-0.3, -0.25) is 4.79 Å². The number of hydrogen-bond donors (Lipinski definition) is 1. The molecule has 1 aliphatic rings. The maximum absolute atomic E-state index is 12.3. The van der Waals surface area contributed by atoms with Gasteiger partial charge < -0.3 is 24.4 Å². The molecular weight excluding hydrogens is 488 g/mol. The quantitative estimate of drug-likeness (QED) is 0.273. The number of hydrogen-bond acceptors (Lipinski definition) is 6. The fraction of sp³-hybridized carbons (Fsp3) is 0.323. The number of rotatable bonds is 11. The highest BCUT2D eigenvalue weighted by molar-refractivity contribution is 6.01. The van der Waals surface area contributed by atoms with Crippen LogP contribution in [0.1, 0.15) is 30.3 Å². The molecule has 39 heavy (non-hydrogen) atoms. The Morgan fingerprint density at radius 3 is 2.69 bits per heavy atom. The predicted octanol–water partition coefficient (Wildman–Crippen LogP) is 5.15. The van der Waals surface area contributed by atoms with Gasteiger partial charge in [0.1, 0.15) is 11.6 Å². The van der Waals surface area contributed by atoms with Crippen LogP contribution in [0.4, 0.5) is 11.4 Å². The van der Waals surface area contributed by atoms with E-state index in [1.165, 1.54) is 29.8 Å². The summed E-state index contributed by atoms with van der Waals surface area (Å²) in [6.07, 6.45) is 8.22. The lowest BCUT2D eigenvalue weighted by molar-refractivity contribution is -0.111. The fourth-order valence-electron chi connectivity index (χ4n) is 4.88. The van der Waals surface area contributed by atoms with E-state index in [9.17, 15) is 4.79 Å². The fourth-order valence-corrected chi connectivity index (χ4v) is 4.88. The van der Waals surface area contributed by atoms with E-state index in [1.54, 1.807) is 7.11 Å². The molecule has 4 aromatic rings. The molecular formula is C31H36N6O2. The van der Waals surface area contributed by atoms with E-state index in [0.717, 1.165) is 41.3 Å². The van der Waals surface area contributed by atoms with Gasteiger partial charge in [0.15, 0.2) is 0 Å². The Morgan fingerprint density at radius 1 is 1.18 bits per heavy atom. The van der Waals surface area contributed by atoms with Crippen LogP contribution in [0, 0.1) is 0 Å². The number of nitrogens with zero attached hydrogens (tertiary/aromatic N) is 5. The second kappa shape index (κ2) is 11.3. The predicted molar refractivity (Wildman–Crippen MR) is 158 cm³/mol. The average Bonchev–Trinajstić information content (AvgIpc) is 3.71. The molecule has 0 atom stereocenters. The molecule has 0 unspecified atom stereocenters. The van der Waals surface area contributed by atoms with Gasteiger partial charge in [-0.05, 0) is 51.2 Å². The number of carbonyl (C=O) groups is 1. The first-order valence-electron chi connectivity index (χ1n) is 13.3. The molecule has 0 radical (unpaired) electrons. The lowest BCUT2D eigenvalue weighted by Gasteiger charge is -2.25. The van der Waals surface area contributed by atoms with E-state index >= 15 is 0 Å². The molecule has 1 amide bonds. The monoisotopic (exact) mass is 524 g/mol. The van der Waals surface area contributed by atoms with Gasteiger partial charge in [-0.25, -0.2) is 9.97 Å². The second-order valence-electron chi connectivity index (χ2n) is 10.3. The summed E-state index contributed by atoms with van der Waals surface area (Å²) in [6.45, 7) is 5.26. The van der Waals surface area contributed by atoms with Crippen LogP contribution in [0.25, 0.3) is 22.2 Å². The number of fused-ring (bicyclic) bond motifs is 1. The van der Waals surface area contributed by atoms with Gasteiger partial charge in [-0.15, -0.1) is 0 Å². The smallest absolute Gasteiger partial charge is 0.247 e. The van der Waals surface area contributed by atoms with E-state index < -0.39 is 0 Å². The van der Waals surface area contributed by atoms with Gasteiger partial charge >= 0.3 is 0 Å². The van der Waals surface area contributed by atoms with Crippen molar-refractivity contribution >= 4 is 28.2 Å². The molecule has 5 rings (SSSR count). The van der Waals surface area contributed by atoms with Crippen molar-refractivity contribution in [3.05, 3.63) is 78.9 Å². The molecule has 1 fully saturated rings. The van der Waals surface area contributed by atoms with Crippen LogP contribution in [0.5, 0.6) is 5.75 Å². The first-order chi connectivity index (χ1) is 18.9. The maximum atomic E-state index is 12.3. The molecule has 0 saturated heterocycles. The molecule has 0 aliphatic heterocycles. The molecule has 0 bridgehead atoms. The van der Waals surface area contributed by atoms with Crippen molar-refractivity contribution in [1.29, 1.82) is 0 Å². The molecule has 2 aromatic carbocycles. The Hall–Kier alpha value is -4.17. The Balaban J connectivity index is 1.49. The van der Waals surface area contributed by atoms with Gasteiger partial charge in [0.05, 0.1) is 24.2 Å². The number of methoxy groups -OCH3 is 1. The summed E-state index contributed by atoms with van der Waals surface area (Å²) in [5.41, 5.74) is 5.71. The molecule has 8 heteroatoms. The highest BCUT2D eigenvalue weighted by atomic mass is 16.5. The Labute approximate surface area is 229 Å². The number of ether oxygens (including phenoxy) is 1. The molecule has 202 valence electrons. The third kappa shape index (κ3) is 5.81. The van der Waals surface area contributed by atoms with E-state index in [4.69, 9.17) is 9.72 Å². The first-order valence-corrected chi connectivity index (χ1v) is 13.3. The lowest BCUT2D eigenvalue weighted by Crippen LogP contribution is -2.29. The molecule has 2 heterocycles. The molecule has 1 saturated carbocycles. The summed E-state index contributed by atoms with van der Waals surface area (Å²) >= 11 is 0. The van der Waals surface area contributed by atoms with Gasteiger partial charge in [0, 0.05) is 73.1 Å². The summed E-state index contributed by atoms with van der Waals surface area (Å²) in [5.74, 6) is 1.14. The molecule has 1 N–H and O–H groups in total. The minimum Gasteiger partial charge on any atom is -0.496 e. The normalized spacial score (nSPS) is 13.1. The SMILES string of the molecule is C=CC(=O)Nc1cc(Cc2nccc(-c3cn(C4CC4)c4ccccc34)n2)c(OC)cc1N(C)CCN(C)C. The Bertz CT molecular complexity index is 1500. The number of amides is 1. The molecule has 8 nitrogen and oxygen atoms in total. The van der Waals surface area contributed by atoms with Crippen LogP contribution in [0.15, 0.2) is 67.5 Å². The van der Waals surface area contributed by atoms with Crippen molar-refractivity contribution in [3.63, 3.8) is 0 Å². The van der Waals surface area contributed by atoms with Crippen LogP contribution in [-0.2, 0) is 11.2 Å².